The maximum Gasteiger partial charge on any atom is 0.268 e. The van der Waals surface area contributed by atoms with Crippen LogP contribution in [0.5, 0.6) is 0 Å². The third-order valence-corrected chi connectivity index (χ3v) is 3.24. The molecule has 0 radical (unpaired) electrons. The normalized spacial score (nSPS) is 14.7. The molecule has 0 fully saturated rings. The highest BCUT2D eigenvalue weighted by molar-refractivity contribution is 14.1. The van der Waals surface area contributed by atoms with Gasteiger partial charge in [0.25, 0.3) is 5.91 Å². The second kappa shape index (κ2) is 5.86. The summed E-state index contributed by atoms with van der Waals surface area (Å²) in [5.41, 5.74) is 6.00. The van der Waals surface area contributed by atoms with Crippen LogP contribution < -0.4 is 11.1 Å². The zero-order valence-corrected chi connectivity index (χ0v) is 12.7. The second-order valence-corrected chi connectivity index (χ2v) is 6.29. The Morgan fingerprint density at radius 1 is 1.65 bits per heavy atom. The van der Waals surface area contributed by atoms with Crippen LogP contribution in [0.1, 0.15) is 37.7 Å². The number of halogens is 1. The highest BCUT2D eigenvalue weighted by Crippen LogP contribution is 2.16. The first-order valence-electron chi connectivity index (χ1n) is 5.73. The molecule has 0 saturated carbocycles. The van der Waals surface area contributed by atoms with E-state index in [4.69, 9.17) is 5.73 Å². The zero-order chi connectivity index (χ0) is 13.1. The van der Waals surface area contributed by atoms with Gasteiger partial charge in [0.05, 0.1) is 5.54 Å². The van der Waals surface area contributed by atoms with E-state index in [-0.39, 0.29) is 11.4 Å². The highest BCUT2D eigenvalue weighted by atomic mass is 127. The Kier molecular flexibility index (Phi) is 5.00. The molecular weight excluding hydrogens is 329 g/mol. The predicted octanol–water partition coefficient (Wildman–Crippen LogP) is 2.11. The molecule has 1 aromatic rings. The van der Waals surface area contributed by atoms with Crippen LogP contribution in [-0.4, -0.2) is 23.0 Å². The summed E-state index contributed by atoms with van der Waals surface area (Å²) in [6, 6.07) is 1.82. The van der Waals surface area contributed by atoms with Crippen LogP contribution in [0.15, 0.2) is 12.3 Å². The van der Waals surface area contributed by atoms with Gasteiger partial charge in [-0.15, -0.1) is 0 Å². The lowest BCUT2D eigenvalue weighted by atomic mass is 9.90. The van der Waals surface area contributed by atoms with Crippen molar-refractivity contribution in [1.82, 2.24) is 10.3 Å². The van der Waals surface area contributed by atoms with Crippen molar-refractivity contribution in [1.29, 1.82) is 0 Å². The summed E-state index contributed by atoms with van der Waals surface area (Å²) in [5.74, 6) is 0.397. The van der Waals surface area contributed by atoms with Crippen LogP contribution in [0.4, 0.5) is 0 Å². The van der Waals surface area contributed by atoms with Crippen LogP contribution in [0.3, 0.4) is 0 Å². The number of carbonyl (C=O) groups is 1. The summed E-state index contributed by atoms with van der Waals surface area (Å²) in [5, 5.41) is 3.01. The van der Waals surface area contributed by atoms with E-state index >= 15 is 0 Å². The number of carbonyl (C=O) groups excluding carboxylic acids is 1. The molecule has 1 heterocycles. The first-order valence-corrected chi connectivity index (χ1v) is 6.80. The lowest BCUT2D eigenvalue weighted by Crippen LogP contribution is -2.52. The molecule has 0 aromatic carbocycles. The van der Waals surface area contributed by atoms with E-state index in [0.717, 1.165) is 9.99 Å². The van der Waals surface area contributed by atoms with Crippen molar-refractivity contribution in [3.05, 3.63) is 21.5 Å². The van der Waals surface area contributed by atoms with E-state index in [1.54, 1.807) is 6.20 Å². The fourth-order valence-electron chi connectivity index (χ4n) is 1.93. The van der Waals surface area contributed by atoms with Gasteiger partial charge in [0.2, 0.25) is 0 Å². The highest BCUT2D eigenvalue weighted by Gasteiger charge is 2.26. The van der Waals surface area contributed by atoms with Crippen LogP contribution in [0, 0.1) is 9.49 Å². The van der Waals surface area contributed by atoms with Gasteiger partial charge in [-0.1, -0.05) is 13.8 Å². The second-order valence-electron chi connectivity index (χ2n) is 5.05. The maximum atomic E-state index is 12.0. The molecule has 17 heavy (non-hydrogen) atoms. The number of amides is 1. The number of H-pyrrole nitrogens is 1. The average Bonchev–Trinajstić information content (AvgIpc) is 2.63. The smallest absolute Gasteiger partial charge is 0.268 e. The summed E-state index contributed by atoms with van der Waals surface area (Å²) in [6.45, 7) is 6.67. The van der Waals surface area contributed by atoms with Crippen LogP contribution in [0.25, 0.3) is 0 Å². The van der Waals surface area contributed by atoms with E-state index in [2.05, 4.69) is 46.7 Å². The Morgan fingerprint density at radius 3 is 2.71 bits per heavy atom. The monoisotopic (exact) mass is 349 g/mol. The standard InChI is InChI=1S/C12H20IN3O/c1-8(2)5-12(3,7-14)16-11(17)10-4-9(13)6-15-10/h4,6,8,15H,5,7,14H2,1-3H3,(H,16,17). The number of nitrogens with one attached hydrogen (secondary N) is 2. The average molecular weight is 349 g/mol. The fraction of sp³-hybridized carbons (Fsp3) is 0.583. The van der Waals surface area contributed by atoms with Gasteiger partial charge in [0.15, 0.2) is 0 Å². The zero-order valence-electron chi connectivity index (χ0n) is 10.5. The number of hydrogen-bond donors (Lipinski definition) is 3. The van der Waals surface area contributed by atoms with Gasteiger partial charge in [0.1, 0.15) is 5.69 Å². The van der Waals surface area contributed by atoms with Crippen molar-refractivity contribution in [2.45, 2.75) is 32.7 Å². The van der Waals surface area contributed by atoms with Crippen molar-refractivity contribution in [3.63, 3.8) is 0 Å². The Balaban J connectivity index is 2.71. The van der Waals surface area contributed by atoms with Crippen LogP contribution in [0.2, 0.25) is 0 Å². The van der Waals surface area contributed by atoms with Crippen molar-refractivity contribution in [2.75, 3.05) is 6.54 Å². The van der Waals surface area contributed by atoms with E-state index in [9.17, 15) is 4.79 Å². The Morgan fingerprint density at radius 2 is 2.29 bits per heavy atom. The largest absolute Gasteiger partial charge is 0.356 e. The Bertz CT molecular complexity index is 389. The summed E-state index contributed by atoms with van der Waals surface area (Å²) < 4.78 is 1.02. The van der Waals surface area contributed by atoms with Crippen LogP contribution in [-0.2, 0) is 0 Å². The maximum absolute atomic E-state index is 12.0. The number of nitrogens with two attached hydrogens (primary N) is 1. The number of aromatic amines is 1. The summed E-state index contributed by atoms with van der Waals surface area (Å²) in [6.07, 6.45) is 2.67. The van der Waals surface area contributed by atoms with Crippen molar-refractivity contribution in [3.8, 4) is 0 Å². The lowest BCUT2D eigenvalue weighted by molar-refractivity contribution is 0.0893. The van der Waals surface area contributed by atoms with Crippen molar-refractivity contribution >= 4 is 28.5 Å². The molecule has 1 aromatic heterocycles. The molecule has 4 N–H and O–H groups in total. The molecule has 0 saturated heterocycles. The molecule has 1 amide bonds. The van der Waals surface area contributed by atoms with Gasteiger partial charge in [-0.2, -0.15) is 0 Å². The molecule has 0 aliphatic rings. The molecule has 1 atom stereocenters. The van der Waals surface area contributed by atoms with E-state index < -0.39 is 0 Å². The fourth-order valence-corrected chi connectivity index (χ4v) is 2.39. The molecule has 0 bridgehead atoms. The molecule has 0 spiro atoms. The third-order valence-electron chi connectivity index (χ3n) is 2.62. The SMILES string of the molecule is CC(C)CC(C)(CN)NC(=O)c1cc(I)c[nH]1. The van der Waals surface area contributed by atoms with Crippen LogP contribution >= 0.6 is 22.6 Å². The number of rotatable bonds is 5. The molecule has 0 aliphatic carbocycles. The first kappa shape index (κ1) is 14.5. The summed E-state index contributed by atoms with van der Waals surface area (Å²) in [4.78, 5) is 15.0. The number of hydrogen-bond acceptors (Lipinski definition) is 2. The molecular formula is C12H20IN3O. The number of aromatic nitrogens is 1. The molecule has 1 rings (SSSR count). The Hall–Kier alpha value is -0.560. The topological polar surface area (TPSA) is 70.9 Å². The molecule has 1 unspecified atom stereocenters. The minimum Gasteiger partial charge on any atom is -0.356 e. The van der Waals surface area contributed by atoms with Gasteiger partial charge in [-0.3, -0.25) is 4.79 Å². The predicted molar refractivity (Wildman–Crippen MR) is 77.9 cm³/mol. The molecule has 5 heteroatoms. The summed E-state index contributed by atoms with van der Waals surface area (Å²) in [7, 11) is 0. The van der Waals surface area contributed by atoms with Gasteiger partial charge >= 0.3 is 0 Å². The third kappa shape index (κ3) is 4.31. The van der Waals surface area contributed by atoms with E-state index in [1.807, 2.05) is 13.0 Å². The van der Waals surface area contributed by atoms with Gasteiger partial charge in [-0.05, 0) is 47.9 Å². The van der Waals surface area contributed by atoms with Gasteiger partial charge in [-0.25, -0.2) is 0 Å². The van der Waals surface area contributed by atoms with Crippen molar-refractivity contribution in [2.24, 2.45) is 11.7 Å². The lowest BCUT2D eigenvalue weighted by Gasteiger charge is -2.31. The minimum absolute atomic E-state index is 0.0958. The van der Waals surface area contributed by atoms with Gasteiger partial charge in [0, 0.05) is 16.3 Å². The molecule has 96 valence electrons. The molecule has 4 nitrogen and oxygen atoms in total. The van der Waals surface area contributed by atoms with Crippen molar-refractivity contribution < 1.29 is 4.79 Å². The van der Waals surface area contributed by atoms with E-state index in [0.29, 0.717) is 18.2 Å². The Labute approximate surface area is 116 Å². The minimum atomic E-state index is -0.345. The summed E-state index contributed by atoms with van der Waals surface area (Å²) >= 11 is 2.16. The molecule has 0 aliphatic heterocycles. The van der Waals surface area contributed by atoms with E-state index in [1.165, 1.54) is 0 Å². The van der Waals surface area contributed by atoms with Gasteiger partial charge < -0.3 is 16.0 Å². The first-order chi connectivity index (χ1) is 7.86. The quantitative estimate of drug-likeness (QED) is 0.713.